The summed E-state index contributed by atoms with van der Waals surface area (Å²) < 4.78 is 6.18. The van der Waals surface area contributed by atoms with Gasteiger partial charge in [-0.2, -0.15) is 0 Å². The molecule has 0 spiro atoms. The summed E-state index contributed by atoms with van der Waals surface area (Å²) in [5, 5.41) is 8.97. The number of halogens is 1. The second kappa shape index (κ2) is 6.64. The molecule has 0 aliphatic rings. The Hall–Kier alpha value is -1.03. The highest BCUT2D eigenvalue weighted by Gasteiger charge is 2.10. The van der Waals surface area contributed by atoms with E-state index in [-0.39, 0.29) is 5.56 Å². The summed E-state index contributed by atoms with van der Waals surface area (Å²) >= 11 is 3.20. The Morgan fingerprint density at radius 3 is 2.59 bits per heavy atom. The van der Waals surface area contributed by atoms with Crippen molar-refractivity contribution in [1.82, 2.24) is 0 Å². The van der Waals surface area contributed by atoms with Gasteiger partial charge in [0.25, 0.3) is 0 Å². The molecule has 0 bridgehead atoms. The minimum atomic E-state index is -0.954. The van der Waals surface area contributed by atoms with Gasteiger partial charge < -0.3 is 9.84 Å². The first-order valence-corrected chi connectivity index (χ1v) is 6.53. The number of aromatic carboxylic acids is 1. The van der Waals surface area contributed by atoms with Crippen LogP contribution in [0.15, 0.2) is 22.7 Å². The predicted octanol–water partition coefficient (Wildman–Crippen LogP) is 3.96. The van der Waals surface area contributed by atoms with Crippen LogP contribution in [0.25, 0.3) is 0 Å². The number of hydrogen-bond donors (Lipinski definition) is 1. The Balaban J connectivity index is 2.72. The number of carbonyl (C=O) groups is 1. The lowest BCUT2D eigenvalue weighted by Crippen LogP contribution is -2.10. The van der Waals surface area contributed by atoms with Crippen molar-refractivity contribution in [3.05, 3.63) is 28.2 Å². The number of rotatable bonds is 6. The van der Waals surface area contributed by atoms with E-state index in [0.29, 0.717) is 22.7 Å². The molecule has 0 aliphatic heterocycles. The summed E-state index contributed by atoms with van der Waals surface area (Å²) in [7, 11) is 0. The fourth-order valence-corrected chi connectivity index (χ4v) is 1.91. The molecule has 0 aromatic heterocycles. The maximum absolute atomic E-state index is 10.9. The normalized spacial score (nSPS) is 10.6. The summed E-state index contributed by atoms with van der Waals surface area (Å²) in [4.78, 5) is 10.9. The van der Waals surface area contributed by atoms with Crippen molar-refractivity contribution in [2.45, 2.75) is 26.7 Å². The maximum atomic E-state index is 10.9. The van der Waals surface area contributed by atoms with Crippen molar-refractivity contribution >= 4 is 21.9 Å². The molecule has 1 aromatic rings. The molecule has 94 valence electrons. The van der Waals surface area contributed by atoms with Crippen LogP contribution in [0.2, 0.25) is 0 Å². The number of carboxylic acid groups (broad SMARTS) is 1. The largest absolute Gasteiger partial charge is 0.493 e. The van der Waals surface area contributed by atoms with Gasteiger partial charge in [-0.3, -0.25) is 0 Å². The molecule has 1 rings (SSSR count). The molecule has 1 N–H and O–H groups in total. The lowest BCUT2D eigenvalue weighted by molar-refractivity contribution is 0.0695. The second-order valence-corrected chi connectivity index (χ2v) is 4.79. The summed E-state index contributed by atoms with van der Waals surface area (Å²) in [6.07, 6.45) is 2.14. The first-order chi connectivity index (χ1) is 8.08. The molecule has 0 saturated heterocycles. The van der Waals surface area contributed by atoms with Crippen molar-refractivity contribution in [3.63, 3.8) is 0 Å². The minimum Gasteiger partial charge on any atom is -0.493 e. The lowest BCUT2D eigenvalue weighted by Gasteiger charge is -2.14. The van der Waals surface area contributed by atoms with Gasteiger partial charge in [0, 0.05) is 4.47 Å². The molecule has 0 saturated carbocycles. The standard InChI is InChI=1S/C13H17BrO3/c1-3-9(4-2)8-17-10-5-6-12(14)11(7-10)13(15)16/h5-7,9H,3-4,8H2,1-2H3,(H,15,16). The molecule has 17 heavy (non-hydrogen) atoms. The smallest absolute Gasteiger partial charge is 0.336 e. The maximum Gasteiger partial charge on any atom is 0.336 e. The van der Waals surface area contributed by atoms with Gasteiger partial charge in [0.05, 0.1) is 12.2 Å². The Morgan fingerprint density at radius 1 is 1.41 bits per heavy atom. The highest BCUT2D eigenvalue weighted by Crippen LogP contribution is 2.23. The Labute approximate surface area is 110 Å². The molecule has 4 heteroatoms. The topological polar surface area (TPSA) is 46.5 Å². The van der Waals surface area contributed by atoms with Gasteiger partial charge in [-0.25, -0.2) is 4.79 Å². The first-order valence-electron chi connectivity index (χ1n) is 5.74. The van der Waals surface area contributed by atoms with Gasteiger partial charge in [-0.1, -0.05) is 26.7 Å². The predicted molar refractivity (Wildman–Crippen MR) is 70.7 cm³/mol. The Bertz CT molecular complexity index is 386. The Morgan fingerprint density at radius 2 is 2.06 bits per heavy atom. The molecule has 0 heterocycles. The summed E-state index contributed by atoms with van der Waals surface area (Å²) in [5.41, 5.74) is 0.229. The van der Waals surface area contributed by atoms with Crippen LogP contribution >= 0.6 is 15.9 Å². The van der Waals surface area contributed by atoms with Crippen molar-refractivity contribution in [1.29, 1.82) is 0 Å². The van der Waals surface area contributed by atoms with E-state index in [9.17, 15) is 4.79 Å². The average Bonchev–Trinajstić information content (AvgIpc) is 2.32. The third-order valence-corrected chi connectivity index (χ3v) is 3.50. The van der Waals surface area contributed by atoms with Gasteiger partial charge in [-0.05, 0) is 40.0 Å². The van der Waals surface area contributed by atoms with Crippen LogP contribution in [0, 0.1) is 5.92 Å². The van der Waals surface area contributed by atoms with Crippen LogP contribution in [0.4, 0.5) is 0 Å². The van der Waals surface area contributed by atoms with E-state index in [4.69, 9.17) is 9.84 Å². The minimum absolute atomic E-state index is 0.229. The monoisotopic (exact) mass is 300 g/mol. The van der Waals surface area contributed by atoms with Crippen LogP contribution in [-0.2, 0) is 0 Å². The van der Waals surface area contributed by atoms with Gasteiger partial charge in [0.2, 0.25) is 0 Å². The molecule has 0 atom stereocenters. The highest BCUT2D eigenvalue weighted by molar-refractivity contribution is 9.10. The fourth-order valence-electron chi connectivity index (χ4n) is 1.50. The van der Waals surface area contributed by atoms with E-state index in [0.717, 1.165) is 12.8 Å². The lowest BCUT2D eigenvalue weighted by atomic mass is 10.1. The van der Waals surface area contributed by atoms with Gasteiger partial charge in [-0.15, -0.1) is 0 Å². The molecule has 0 aliphatic carbocycles. The number of ether oxygens (including phenoxy) is 1. The van der Waals surface area contributed by atoms with Crippen LogP contribution in [-0.4, -0.2) is 17.7 Å². The third-order valence-electron chi connectivity index (χ3n) is 2.81. The van der Waals surface area contributed by atoms with Crippen LogP contribution < -0.4 is 4.74 Å². The molecule has 1 aromatic carbocycles. The molecule has 0 unspecified atom stereocenters. The Kier molecular flexibility index (Phi) is 5.48. The molecular formula is C13H17BrO3. The average molecular weight is 301 g/mol. The van der Waals surface area contributed by atoms with E-state index >= 15 is 0 Å². The number of hydrogen-bond acceptors (Lipinski definition) is 2. The third kappa shape index (κ3) is 4.04. The summed E-state index contributed by atoms with van der Waals surface area (Å²) in [6.45, 7) is 4.89. The quantitative estimate of drug-likeness (QED) is 0.865. The molecule has 0 fully saturated rings. The molecule has 0 amide bonds. The zero-order chi connectivity index (χ0) is 12.8. The SMILES string of the molecule is CCC(CC)COc1ccc(Br)c(C(=O)O)c1. The van der Waals surface area contributed by atoms with Crippen molar-refractivity contribution in [3.8, 4) is 5.75 Å². The van der Waals surface area contributed by atoms with E-state index in [1.807, 2.05) is 0 Å². The van der Waals surface area contributed by atoms with E-state index in [1.165, 1.54) is 0 Å². The zero-order valence-corrected chi connectivity index (χ0v) is 11.7. The summed E-state index contributed by atoms with van der Waals surface area (Å²) in [6, 6.07) is 5.03. The van der Waals surface area contributed by atoms with Gasteiger partial charge in [0.15, 0.2) is 0 Å². The van der Waals surface area contributed by atoms with Crippen LogP contribution in [0.1, 0.15) is 37.0 Å². The molecule has 3 nitrogen and oxygen atoms in total. The van der Waals surface area contributed by atoms with E-state index in [1.54, 1.807) is 18.2 Å². The summed E-state index contributed by atoms with van der Waals surface area (Å²) in [5.74, 6) is 0.175. The van der Waals surface area contributed by atoms with Crippen molar-refractivity contribution < 1.29 is 14.6 Å². The van der Waals surface area contributed by atoms with Crippen molar-refractivity contribution in [2.24, 2.45) is 5.92 Å². The van der Waals surface area contributed by atoms with Gasteiger partial charge in [0.1, 0.15) is 5.75 Å². The first kappa shape index (κ1) is 14.0. The number of benzene rings is 1. The molecule has 0 radical (unpaired) electrons. The molecular weight excluding hydrogens is 284 g/mol. The van der Waals surface area contributed by atoms with Crippen LogP contribution in [0.5, 0.6) is 5.75 Å². The van der Waals surface area contributed by atoms with Crippen LogP contribution in [0.3, 0.4) is 0 Å². The fraction of sp³-hybridized carbons (Fsp3) is 0.462. The van der Waals surface area contributed by atoms with Gasteiger partial charge >= 0.3 is 5.97 Å². The highest BCUT2D eigenvalue weighted by atomic mass is 79.9. The zero-order valence-electron chi connectivity index (χ0n) is 10.1. The number of carboxylic acids is 1. The van der Waals surface area contributed by atoms with E-state index in [2.05, 4.69) is 29.8 Å². The van der Waals surface area contributed by atoms with Crippen molar-refractivity contribution in [2.75, 3.05) is 6.61 Å². The van der Waals surface area contributed by atoms with E-state index < -0.39 is 5.97 Å². The second-order valence-electron chi connectivity index (χ2n) is 3.94.